The van der Waals surface area contributed by atoms with Gasteiger partial charge in [0.15, 0.2) is 0 Å². The number of carbonyl (C=O) groups excluding carboxylic acids is 1. The van der Waals surface area contributed by atoms with E-state index in [4.69, 9.17) is 27.6 Å². The van der Waals surface area contributed by atoms with E-state index in [-0.39, 0.29) is 18.1 Å². The SMILES string of the molecule is O=C(Cc1coc2ccc(F)cc12)Nc1cc(Cl)ccc1Cl. The third-order valence-corrected chi connectivity index (χ3v) is 3.73. The molecule has 0 bridgehead atoms. The summed E-state index contributed by atoms with van der Waals surface area (Å²) in [5.41, 5.74) is 1.56. The summed E-state index contributed by atoms with van der Waals surface area (Å²) in [6.07, 6.45) is 1.49. The van der Waals surface area contributed by atoms with Crippen molar-refractivity contribution < 1.29 is 13.6 Å². The van der Waals surface area contributed by atoms with Crippen molar-refractivity contribution in [2.45, 2.75) is 6.42 Å². The lowest BCUT2D eigenvalue weighted by molar-refractivity contribution is -0.115. The van der Waals surface area contributed by atoms with E-state index in [9.17, 15) is 9.18 Å². The first-order valence-electron chi connectivity index (χ1n) is 6.43. The fourth-order valence-corrected chi connectivity index (χ4v) is 2.49. The minimum atomic E-state index is -0.381. The Labute approximate surface area is 135 Å². The lowest BCUT2D eigenvalue weighted by Gasteiger charge is -2.07. The summed E-state index contributed by atoms with van der Waals surface area (Å²) in [4.78, 5) is 12.1. The zero-order chi connectivity index (χ0) is 15.7. The lowest BCUT2D eigenvalue weighted by atomic mass is 10.1. The predicted molar refractivity (Wildman–Crippen MR) is 85.0 cm³/mol. The number of hydrogen-bond donors (Lipinski definition) is 1. The molecule has 112 valence electrons. The number of amides is 1. The molecule has 0 spiro atoms. The van der Waals surface area contributed by atoms with Crippen molar-refractivity contribution in [1.82, 2.24) is 0 Å². The summed E-state index contributed by atoms with van der Waals surface area (Å²) in [6.45, 7) is 0. The number of benzene rings is 2. The van der Waals surface area contributed by atoms with Crippen molar-refractivity contribution in [3.05, 3.63) is 64.1 Å². The van der Waals surface area contributed by atoms with Crippen molar-refractivity contribution in [1.29, 1.82) is 0 Å². The molecular formula is C16H10Cl2FNO2. The second kappa shape index (κ2) is 5.99. The molecule has 3 aromatic rings. The molecule has 0 radical (unpaired) electrons. The molecule has 0 atom stereocenters. The maximum Gasteiger partial charge on any atom is 0.228 e. The minimum absolute atomic E-state index is 0.0410. The first-order valence-corrected chi connectivity index (χ1v) is 7.19. The molecule has 0 unspecified atom stereocenters. The molecule has 0 aliphatic rings. The zero-order valence-electron chi connectivity index (χ0n) is 11.2. The molecule has 0 saturated heterocycles. The van der Waals surface area contributed by atoms with E-state index in [2.05, 4.69) is 5.32 Å². The summed E-state index contributed by atoms with van der Waals surface area (Å²) in [5.74, 6) is -0.676. The molecule has 1 N–H and O–H groups in total. The number of carbonyl (C=O) groups is 1. The lowest BCUT2D eigenvalue weighted by Crippen LogP contribution is -2.14. The van der Waals surface area contributed by atoms with Gasteiger partial charge in [-0.2, -0.15) is 0 Å². The van der Waals surface area contributed by atoms with Crippen LogP contribution in [0.4, 0.5) is 10.1 Å². The summed E-state index contributed by atoms with van der Waals surface area (Å²) >= 11 is 11.9. The van der Waals surface area contributed by atoms with E-state index in [0.29, 0.717) is 32.3 Å². The van der Waals surface area contributed by atoms with Gasteiger partial charge in [-0.15, -0.1) is 0 Å². The summed E-state index contributed by atoms with van der Waals surface area (Å²) in [7, 11) is 0. The van der Waals surface area contributed by atoms with Crippen LogP contribution in [0.25, 0.3) is 11.0 Å². The highest BCUT2D eigenvalue weighted by Gasteiger charge is 2.12. The number of fused-ring (bicyclic) bond motifs is 1. The maximum absolute atomic E-state index is 13.3. The highest BCUT2D eigenvalue weighted by Crippen LogP contribution is 2.26. The predicted octanol–water partition coefficient (Wildman–Crippen LogP) is 5.06. The Hall–Kier alpha value is -2.04. The maximum atomic E-state index is 13.3. The Bertz CT molecular complexity index is 860. The molecule has 22 heavy (non-hydrogen) atoms. The molecule has 1 aromatic heterocycles. The minimum Gasteiger partial charge on any atom is -0.464 e. The topological polar surface area (TPSA) is 42.2 Å². The highest BCUT2D eigenvalue weighted by molar-refractivity contribution is 6.35. The van der Waals surface area contributed by atoms with Gasteiger partial charge in [-0.3, -0.25) is 4.79 Å². The normalized spacial score (nSPS) is 10.9. The van der Waals surface area contributed by atoms with Gasteiger partial charge < -0.3 is 9.73 Å². The highest BCUT2D eigenvalue weighted by atomic mass is 35.5. The van der Waals surface area contributed by atoms with Crippen LogP contribution >= 0.6 is 23.2 Å². The third-order valence-electron chi connectivity index (χ3n) is 3.17. The standard InChI is InChI=1S/C16H10Cl2FNO2/c17-10-1-3-13(18)14(6-10)20-16(21)5-9-8-22-15-4-2-11(19)7-12(9)15/h1-4,6-8H,5H2,(H,20,21). The van der Waals surface area contributed by atoms with Crippen LogP contribution in [0.15, 0.2) is 47.1 Å². The van der Waals surface area contributed by atoms with Gasteiger partial charge in [0.25, 0.3) is 0 Å². The van der Waals surface area contributed by atoms with E-state index >= 15 is 0 Å². The van der Waals surface area contributed by atoms with E-state index in [1.54, 1.807) is 18.2 Å². The number of anilines is 1. The van der Waals surface area contributed by atoms with Gasteiger partial charge in [-0.1, -0.05) is 23.2 Å². The van der Waals surface area contributed by atoms with Crippen LogP contribution in [0, 0.1) is 5.82 Å². The molecule has 1 heterocycles. The Kier molecular flexibility index (Phi) is 4.05. The molecule has 3 nitrogen and oxygen atoms in total. The Balaban J connectivity index is 1.81. The fraction of sp³-hybridized carbons (Fsp3) is 0.0625. The van der Waals surface area contributed by atoms with Crippen molar-refractivity contribution >= 4 is 45.8 Å². The number of hydrogen-bond acceptors (Lipinski definition) is 2. The largest absolute Gasteiger partial charge is 0.464 e. The van der Waals surface area contributed by atoms with Crippen LogP contribution in [-0.4, -0.2) is 5.91 Å². The van der Waals surface area contributed by atoms with Crippen molar-refractivity contribution in [3.63, 3.8) is 0 Å². The van der Waals surface area contributed by atoms with Crippen LogP contribution < -0.4 is 5.32 Å². The molecule has 0 aliphatic heterocycles. The van der Waals surface area contributed by atoms with Gasteiger partial charge in [0, 0.05) is 16.0 Å². The average molecular weight is 338 g/mol. The van der Waals surface area contributed by atoms with Crippen LogP contribution in [0.2, 0.25) is 10.0 Å². The van der Waals surface area contributed by atoms with Crippen LogP contribution in [0.5, 0.6) is 0 Å². The number of nitrogens with one attached hydrogen (secondary N) is 1. The molecule has 3 rings (SSSR count). The van der Waals surface area contributed by atoms with Crippen molar-refractivity contribution in [2.24, 2.45) is 0 Å². The second-order valence-electron chi connectivity index (χ2n) is 4.75. The van der Waals surface area contributed by atoms with Crippen LogP contribution in [0.3, 0.4) is 0 Å². The van der Waals surface area contributed by atoms with E-state index in [1.807, 2.05) is 0 Å². The van der Waals surface area contributed by atoms with E-state index in [0.717, 1.165) is 0 Å². The van der Waals surface area contributed by atoms with Gasteiger partial charge >= 0.3 is 0 Å². The molecule has 0 saturated carbocycles. The fourth-order valence-electron chi connectivity index (χ4n) is 2.15. The smallest absolute Gasteiger partial charge is 0.228 e. The molecule has 2 aromatic carbocycles. The van der Waals surface area contributed by atoms with E-state index < -0.39 is 0 Å². The number of furan rings is 1. The summed E-state index contributed by atoms with van der Waals surface area (Å²) in [6, 6.07) is 8.97. The van der Waals surface area contributed by atoms with Crippen LogP contribution in [-0.2, 0) is 11.2 Å². The van der Waals surface area contributed by atoms with Crippen molar-refractivity contribution in [3.8, 4) is 0 Å². The van der Waals surface area contributed by atoms with Gasteiger partial charge in [-0.25, -0.2) is 4.39 Å². The number of halogens is 3. The monoisotopic (exact) mass is 337 g/mol. The molecule has 1 amide bonds. The quantitative estimate of drug-likeness (QED) is 0.725. The van der Waals surface area contributed by atoms with Gasteiger partial charge in [0.2, 0.25) is 5.91 Å². The van der Waals surface area contributed by atoms with Gasteiger partial charge in [-0.05, 0) is 36.4 Å². The van der Waals surface area contributed by atoms with Gasteiger partial charge in [0.1, 0.15) is 11.4 Å². The second-order valence-corrected chi connectivity index (χ2v) is 5.59. The number of rotatable bonds is 3. The Morgan fingerprint density at radius 3 is 2.82 bits per heavy atom. The Morgan fingerprint density at radius 2 is 2.00 bits per heavy atom. The molecule has 0 aliphatic carbocycles. The van der Waals surface area contributed by atoms with Crippen molar-refractivity contribution in [2.75, 3.05) is 5.32 Å². The first kappa shape index (κ1) is 14.9. The Morgan fingerprint density at radius 1 is 1.18 bits per heavy atom. The van der Waals surface area contributed by atoms with Gasteiger partial charge in [0.05, 0.1) is 23.4 Å². The van der Waals surface area contributed by atoms with Crippen LogP contribution in [0.1, 0.15) is 5.56 Å². The molecule has 6 heteroatoms. The summed E-state index contributed by atoms with van der Waals surface area (Å²) in [5, 5.41) is 4.11. The summed E-state index contributed by atoms with van der Waals surface area (Å²) < 4.78 is 18.6. The average Bonchev–Trinajstić information content (AvgIpc) is 2.85. The third kappa shape index (κ3) is 3.08. The first-order chi connectivity index (χ1) is 10.5. The molecular weight excluding hydrogens is 328 g/mol. The van der Waals surface area contributed by atoms with E-state index in [1.165, 1.54) is 24.5 Å². The molecule has 0 fully saturated rings. The zero-order valence-corrected chi connectivity index (χ0v) is 12.7.